The van der Waals surface area contributed by atoms with E-state index in [2.05, 4.69) is 0 Å². The van der Waals surface area contributed by atoms with Crippen molar-refractivity contribution in [2.75, 3.05) is 24.2 Å². The van der Waals surface area contributed by atoms with Crippen LogP contribution in [0.15, 0.2) is 17.1 Å². The van der Waals surface area contributed by atoms with E-state index in [0.29, 0.717) is 19.4 Å². The average Bonchev–Trinajstić information content (AvgIpc) is 3.48. The van der Waals surface area contributed by atoms with Crippen LogP contribution in [0.25, 0.3) is 10.9 Å². The summed E-state index contributed by atoms with van der Waals surface area (Å²) in [7, 11) is 1.72. The summed E-state index contributed by atoms with van der Waals surface area (Å²) in [6.45, 7) is 4.54. The highest BCUT2D eigenvalue weighted by Gasteiger charge is 2.37. The van der Waals surface area contributed by atoms with Crippen LogP contribution >= 0.6 is 0 Å². The number of anilines is 2. The fourth-order valence-electron chi connectivity index (χ4n) is 4.17. The largest absolute Gasteiger partial charge is 0.477 e. The summed E-state index contributed by atoms with van der Waals surface area (Å²) >= 11 is 0. The van der Waals surface area contributed by atoms with E-state index in [1.54, 1.807) is 11.9 Å². The van der Waals surface area contributed by atoms with Gasteiger partial charge < -0.3 is 26.0 Å². The van der Waals surface area contributed by atoms with Gasteiger partial charge in [0.1, 0.15) is 11.7 Å². The first kappa shape index (κ1) is 24.0. The maximum Gasteiger partial charge on any atom is 0.341 e. The lowest BCUT2D eigenvalue weighted by molar-refractivity contribution is 0.0692. The van der Waals surface area contributed by atoms with Gasteiger partial charge in [-0.2, -0.15) is 0 Å². The first-order valence-electron chi connectivity index (χ1n) is 11.2. The van der Waals surface area contributed by atoms with Gasteiger partial charge in [0.25, 0.3) is 0 Å². The second-order valence-corrected chi connectivity index (χ2v) is 8.66. The molecule has 1 aromatic heterocycles. The Morgan fingerprint density at radius 3 is 2.50 bits per heavy atom. The van der Waals surface area contributed by atoms with Gasteiger partial charge >= 0.3 is 5.97 Å². The molecule has 0 aliphatic heterocycles. The smallest absolute Gasteiger partial charge is 0.341 e. The Kier molecular flexibility index (Phi) is 6.78. The summed E-state index contributed by atoms with van der Waals surface area (Å²) in [6.07, 6.45) is 4.13. The lowest BCUT2D eigenvalue weighted by Crippen LogP contribution is -2.33. The number of carboxylic acids is 1. The van der Waals surface area contributed by atoms with Crippen molar-refractivity contribution in [3.8, 4) is 0 Å². The second-order valence-electron chi connectivity index (χ2n) is 8.66. The zero-order valence-corrected chi connectivity index (χ0v) is 18.8. The Hall–Kier alpha value is -2.68. The standard InChI is InChI=1S/C21H26F2N4O3.C2H6/c1-26(8-2-5-21(25)6-7-21)15-9-13(24)16-18(17(15)23)27(14-4-3-12(14)22)10-11(19(16)28)20(29)30;1-2/h9-10,12,14H,2-8,24-25H2,1H3,(H,29,30);1-2H3. The molecule has 32 heavy (non-hydrogen) atoms. The third-order valence-corrected chi connectivity index (χ3v) is 6.46. The number of nitrogens with zero attached hydrogens (tertiary/aromatic N) is 2. The Morgan fingerprint density at radius 1 is 1.34 bits per heavy atom. The van der Waals surface area contributed by atoms with E-state index in [1.165, 1.54) is 10.6 Å². The number of aromatic nitrogens is 1. The first-order chi connectivity index (χ1) is 15.1. The topological polar surface area (TPSA) is 115 Å². The number of carboxylic acid groups (broad SMARTS) is 1. The van der Waals surface area contributed by atoms with E-state index in [1.807, 2.05) is 13.8 Å². The van der Waals surface area contributed by atoms with Crippen LogP contribution in [0.4, 0.5) is 20.2 Å². The zero-order chi connectivity index (χ0) is 23.8. The Bertz CT molecular complexity index is 1080. The fourth-order valence-corrected chi connectivity index (χ4v) is 4.17. The van der Waals surface area contributed by atoms with E-state index in [-0.39, 0.29) is 27.8 Å². The van der Waals surface area contributed by atoms with Crippen molar-refractivity contribution in [2.24, 2.45) is 5.73 Å². The number of alkyl halides is 1. The van der Waals surface area contributed by atoms with Crippen LogP contribution in [0.1, 0.15) is 68.8 Å². The van der Waals surface area contributed by atoms with Gasteiger partial charge in [-0.05, 0) is 44.6 Å². The zero-order valence-electron chi connectivity index (χ0n) is 18.8. The molecule has 7 nitrogen and oxygen atoms in total. The van der Waals surface area contributed by atoms with Crippen LogP contribution in [-0.4, -0.2) is 40.9 Å². The van der Waals surface area contributed by atoms with Gasteiger partial charge in [-0.3, -0.25) is 4.79 Å². The van der Waals surface area contributed by atoms with Crippen LogP contribution in [-0.2, 0) is 0 Å². The fraction of sp³-hybridized carbons (Fsp3) is 0.565. The number of hydrogen-bond donors (Lipinski definition) is 3. The van der Waals surface area contributed by atoms with Crippen LogP contribution in [0, 0.1) is 5.82 Å². The number of fused-ring (bicyclic) bond motifs is 1. The molecule has 0 bridgehead atoms. The molecule has 0 amide bonds. The molecule has 1 aromatic carbocycles. The molecule has 4 rings (SSSR count). The molecule has 2 unspecified atom stereocenters. The summed E-state index contributed by atoms with van der Waals surface area (Å²) in [5, 5.41) is 9.18. The van der Waals surface area contributed by atoms with Crippen molar-refractivity contribution in [1.29, 1.82) is 0 Å². The third kappa shape index (κ3) is 4.30. The van der Waals surface area contributed by atoms with Crippen LogP contribution in [0.3, 0.4) is 0 Å². The SMILES string of the molecule is CC.CN(CCCC1(N)CC1)c1cc(N)c2c(=O)c(C(=O)O)cn(C3CCC3F)c2c1F. The molecule has 176 valence electrons. The van der Waals surface area contributed by atoms with Gasteiger partial charge in [-0.1, -0.05) is 13.8 Å². The molecule has 2 fully saturated rings. The molecular formula is C23H32F2N4O3. The number of nitrogen functional groups attached to an aromatic ring is 1. The quantitative estimate of drug-likeness (QED) is 0.553. The molecule has 2 atom stereocenters. The Balaban J connectivity index is 0.00000141. The van der Waals surface area contributed by atoms with Gasteiger partial charge in [0.05, 0.1) is 22.6 Å². The molecule has 0 saturated heterocycles. The van der Waals surface area contributed by atoms with Crippen molar-refractivity contribution in [2.45, 2.75) is 70.1 Å². The number of rotatable bonds is 7. The monoisotopic (exact) mass is 450 g/mol. The van der Waals surface area contributed by atoms with Crippen molar-refractivity contribution in [3.05, 3.63) is 33.9 Å². The molecule has 2 aliphatic rings. The van der Waals surface area contributed by atoms with Gasteiger partial charge in [-0.25, -0.2) is 13.6 Å². The second kappa shape index (κ2) is 9.05. The number of carbonyl (C=O) groups is 1. The number of aromatic carboxylic acids is 1. The van der Waals surface area contributed by atoms with E-state index < -0.39 is 35.0 Å². The summed E-state index contributed by atoms with van der Waals surface area (Å²) in [4.78, 5) is 26.0. The highest BCUT2D eigenvalue weighted by Crippen LogP contribution is 2.40. The highest BCUT2D eigenvalue weighted by atomic mass is 19.1. The van der Waals surface area contributed by atoms with E-state index >= 15 is 4.39 Å². The minimum Gasteiger partial charge on any atom is -0.477 e. The Morgan fingerprint density at radius 2 is 2.00 bits per heavy atom. The van der Waals surface area contributed by atoms with Crippen LogP contribution in [0.2, 0.25) is 0 Å². The molecule has 0 spiro atoms. The molecule has 2 aliphatic carbocycles. The van der Waals surface area contributed by atoms with Crippen molar-refractivity contribution in [1.82, 2.24) is 4.57 Å². The first-order valence-corrected chi connectivity index (χ1v) is 11.2. The maximum absolute atomic E-state index is 15.6. The van der Waals surface area contributed by atoms with E-state index in [4.69, 9.17) is 11.5 Å². The van der Waals surface area contributed by atoms with Gasteiger partial charge in [0, 0.05) is 31.0 Å². The van der Waals surface area contributed by atoms with Crippen LogP contribution < -0.4 is 21.8 Å². The predicted octanol–water partition coefficient (Wildman–Crippen LogP) is 3.83. The summed E-state index contributed by atoms with van der Waals surface area (Å²) in [5.41, 5.74) is 10.7. The number of nitrogens with two attached hydrogens (primary N) is 2. The number of pyridine rings is 1. The van der Waals surface area contributed by atoms with E-state index in [0.717, 1.165) is 31.9 Å². The minimum absolute atomic E-state index is 0.0256. The molecular weight excluding hydrogens is 418 g/mol. The molecule has 5 N–H and O–H groups in total. The summed E-state index contributed by atoms with van der Waals surface area (Å²) in [6, 6.07) is 0.616. The average molecular weight is 451 g/mol. The number of benzene rings is 1. The molecule has 2 aromatic rings. The Labute approximate surface area is 186 Å². The van der Waals surface area contributed by atoms with Crippen LogP contribution in [0.5, 0.6) is 0 Å². The van der Waals surface area contributed by atoms with Gasteiger partial charge in [0.2, 0.25) is 5.43 Å². The lowest BCUT2D eigenvalue weighted by Gasteiger charge is -2.34. The maximum atomic E-state index is 15.6. The predicted molar refractivity (Wildman–Crippen MR) is 123 cm³/mol. The lowest BCUT2D eigenvalue weighted by atomic mass is 9.89. The molecule has 9 heteroatoms. The highest BCUT2D eigenvalue weighted by molar-refractivity contribution is 5.99. The summed E-state index contributed by atoms with van der Waals surface area (Å²) < 4.78 is 31.1. The van der Waals surface area contributed by atoms with Crippen molar-refractivity contribution in [3.63, 3.8) is 0 Å². The van der Waals surface area contributed by atoms with Gasteiger partial charge in [-0.15, -0.1) is 0 Å². The van der Waals surface area contributed by atoms with Crippen molar-refractivity contribution >= 4 is 28.2 Å². The number of hydrogen-bond acceptors (Lipinski definition) is 5. The normalized spacial score (nSPS) is 20.8. The molecule has 2 saturated carbocycles. The van der Waals surface area contributed by atoms with E-state index in [9.17, 15) is 19.1 Å². The molecule has 1 heterocycles. The molecule has 0 radical (unpaired) electrons. The third-order valence-electron chi connectivity index (χ3n) is 6.46. The van der Waals surface area contributed by atoms with Crippen molar-refractivity contribution < 1.29 is 18.7 Å². The summed E-state index contributed by atoms with van der Waals surface area (Å²) in [5.74, 6) is -2.16. The number of halogens is 2. The van der Waals surface area contributed by atoms with Gasteiger partial charge in [0.15, 0.2) is 5.82 Å². The minimum atomic E-state index is -1.46.